The number of rotatable bonds is 3. The second-order valence-electron chi connectivity index (χ2n) is 4.90. The number of alkyl halides is 3. The fraction of sp³-hybridized carbons (Fsp3) is 0.500. The van der Waals surface area contributed by atoms with Gasteiger partial charge in [-0.3, -0.25) is 0 Å². The first kappa shape index (κ1) is 18.0. The van der Waals surface area contributed by atoms with Crippen LogP contribution in [0.25, 0.3) is 0 Å². The first-order chi connectivity index (χ1) is 8.09. The number of aliphatic hydroxyl groups excluding tert-OH is 1. The van der Waals surface area contributed by atoms with Crippen molar-refractivity contribution in [2.24, 2.45) is 11.1 Å². The normalized spacial score (nSPS) is 13.8. The molecule has 1 rings (SSSR count). The van der Waals surface area contributed by atoms with E-state index in [0.29, 0.717) is 0 Å². The fourth-order valence-electron chi connectivity index (χ4n) is 1.50. The Labute approximate surface area is 115 Å². The molecule has 0 aliphatic rings. The highest BCUT2D eigenvalue weighted by Crippen LogP contribution is 2.38. The van der Waals surface area contributed by atoms with Gasteiger partial charge in [0.05, 0.1) is 5.56 Å². The van der Waals surface area contributed by atoms with Crippen molar-refractivity contribution in [2.75, 3.05) is 6.61 Å². The number of phenolic OH excluding ortho intramolecular Hbond substituents is 1. The van der Waals surface area contributed by atoms with E-state index in [0.717, 1.165) is 18.2 Å². The largest absolute Gasteiger partial charge is 0.508 e. The van der Waals surface area contributed by atoms with Crippen molar-refractivity contribution in [3.8, 4) is 5.75 Å². The van der Waals surface area contributed by atoms with E-state index >= 15 is 0 Å². The first-order valence-electron chi connectivity index (χ1n) is 5.36. The van der Waals surface area contributed by atoms with Gasteiger partial charge in [0.25, 0.3) is 0 Å². The molecule has 0 saturated carbocycles. The Morgan fingerprint density at radius 3 is 2.21 bits per heavy atom. The quantitative estimate of drug-likeness (QED) is 0.804. The zero-order chi connectivity index (χ0) is 14.1. The maximum absolute atomic E-state index is 12.6. The van der Waals surface area contributed by atoms with Crippen LogP contribution >= 0.6 is 12.4 Å². The van der Waals surface area contributed by atoms with Gasteiger partial charge in [-0.2, -0.15) is 13.2 Å². The molecule has 0 radical (unpaired) electrons. The van der Waals surface area contributed by atoms with Crippen LogP contribution in [0.5, 0.6) is 5.75 Å². The van der Waals surface area contributed by atoms with Crippen LogP contribution in [0.15, 0.2) is 18.2 Å². The van der Waals surface area contributed by atoms with Gasteiger partial charge in [-0.25, -0.2) is 0 Å². The van der Waals surface area contributed by atoms with E-state index in [4.69, 9.17) is 10.8 Å². The molecular weight excluding hydrogens is 283 g/mol. The van der Waals surface area contributed by atoms with Crippen molar-refractivity contribution in [1.29, 1.82) is 0 Å². The molecule has 0 spiro atoms. The topological polar surface area (TPSA) is 66.5 Å². The fourth-order valence-corrected chi connectivity index (χ4v) is 1.50. The number of hydrogen-bond donors (Lipinski definition) is 3. The van der Waals surface area contributed by atoms with Crippen molar-refractivity contribution < 1.29 is 23.4 Å². The van der Waals surface area contributed by atoms with E-state index in [9.17, 15) is 18.3 Å². The van der Waals surface area contributed by atoms with Crippen LogP contribution in [0.4, 0.5) is 13.2 Å². The number of aromatic hydroxyl groups is 1. The number of nitrogens with two attached hydrogens (primary N) is 1. The smallest absolute Gasteiger partial charge is 0.416 e. The molecule has 4 N–H and O–H groups in total. The Bertz CT molecular complexity index is 435. The monoisotopic (exact) mass is 299 g/mol. The molecule has 0 unspecified atom stereocenters. The van der Waals surface area contributed by atoms with Gasteiger partial charge >= 0.3 is 6.18 Å². The van der Waals surface area contributed by atoms with Gasteiger partial charge in [-0.1, -0.05) is 13.8 Å². The Hall–Kier alpha value is -0.980. The van der Waals surface area contributed by atoms with E-state index in [1.807, 2.05) is 0 Å². The molecule has 0 amide bonds. The molecule has 0 fully saturated rings. The van der Waals surface area contributed by atoms with Gasteiger partial charge in [0.2, 0.25) is 0 Å². The van der Waals surface area contributed by atoms with Crippen LogP contribution in [0.3, 0.4) is 0 Å². The van der Waals surface area contributed by atoms with E-state index in [1.165, 1.54) is 0 Å². The molecule has 110 valence electrons. The van der Waals surface area contributed by atoms with Crippen molar-refractivity contribution >= 4 is 12.4 Å². The lowest BCUT2D eigenvalue weighted by molar-refractivity contribution is -0.137. The van der Waals surface area contributed by atoms with Gasteiger partial charge in [0.15, 0.2) is 0 Å². The highest BCUT2D eigenvalue weighted by Gasteiger charge is 2.34. The summed E-state index contributed by atoms with van der Waals surface area (Å²) in [5.74, 6) is -0.308. The van der Waals surface area contributed by atoms with Crippen LogP contribution in [0.1, 0.15) is 31.0 Å². The number of benzene rings is 1. The zero-order valence-electron chi connectivity index (χ0n) is 10.5. The molecule has 0 aliphatic heterocycles. The van der Waals surface area contributed by atoms with Gasteiger partial charge < -0.3 is 15.9 Å². The summed E-state index contributed by atoms with van der Waals surface area (Å²) in [5, 5.41) is 18.8. The lowest BCUT2D eigenvalue weighted by atomic mass is 9.81. The first-order valence-corrected chi connectivity index (χ1v) is 5.36. The summed E-state index contributed by atoms with van der Waals surface area (Å²) in [4.78, 5) is 0. The summed E-state index contributed by atoms with van der Waals surface area (Å²) < 4.78 is 37.7. The molecule has 0 heterocycles. The summed E-state index contributed by atoms with van der Waals surface area (Å²) in [6.45, 7) is 2.92. The summed E-state index contributed by atoms with van der Waals surface area (Å²) in [5.41, 5.74) is 4.08. The van der Waals surface area contributed by atoms with Crippen LogP contribution in [-0.4, -0.2) is 16.8 Å². The van der Waals surface area contributed by atoms with Crippen LogP contribution in [0, 0.1) is 5.41 Å². The van der Waals surface area contributed by atoms with Crippen LogP contribution < -0.4 is 5.73 Å². The molecule has 3 nitrogen and oxygen atoms in total. The highest BCUT2D eigenvalue weighted by atomic mass is 35.5. The minimum Gasteiger partial charge on any atom is -0.508 e. The van der Waals surface area contributed by atoms with Crippen molar-refractivity contribution in [3.63, 3.8) is 0 Å². The molecule has 0 saturated heterocycles. The number of halogens is 4. The average Bonchev–Trinajstić information content (AvgIpc) is 2.27. The van der Waals surface area contributed by atoms with Gasteiger partial charge in [0, 0.05) is 23.6 Å². The molecule has 0 aliphatic carbocycles. The maximum atomic E-state index is 12.6. The van der Waals surface area contributed by atoms with Crippen LogP contribution in [0.2, 0.25) is 0 Å². The molecule has 0 bridgehead atoms. The van der Waals surface area contributed by atoms with E-state index < -0.39 is 23.2 Å². The second-order valence-corrected chi connectivity index (χ2v) is 4.90. The lowest BCUT2D eigenvalue weighted by Crippen LogP contribution is -2.32. The predicted octanol–water partition coefficient (Wildman–Crippen LogP) is 2.85. The van der Waals surface area contributed by atoms with Crippen LogP contribution in [-0.2, 0) is 6.18 Å². The maximum Gasteiger partial charge on any atom is 0.416 e. The van der Waals surface area contributed by atoms with E-state index in [1.54, 1.807) is 13.8 Å². The number of hydrogen-bond acceptors (Lipinski definition) is 3. The van der Waals surface area contributed by atoms with Gasteiger partial charge in [0.1, 0.15) is 5.75 Å². The third-order valence-electron chi connectivity index (χ3n) is 2.94. The van der Waals surface area contributed by atoms with Crippen molar-refractivity contribution in [3.05, 3.63) is 29.3 Å². The molecule has 19 heavy (non-hydrogen) atoms. The minimum atomic E-state index is -4.49. The molecule has 7 heteroatoms. The Morgan fingerprint density at radius 1 is 1.26 bits per heavy atom. The highest BCUT2D eigenvalue weighted by molar-refractivity contribution is 5.85. The summed E-state index contributed by atoms with van der Waals surface area (Å²) in [7, 11) is 0. The Kier molecular flexibility index (Phi) is 5.67. The molecule has 0 aromatic heterocycles. The lowest BCUT2D eigenvalue weighted by Gasteiger charge is -2.30. The molecule has 1 aromatic carbocycles. The summed E-state index contributed by atoms with van der Waals surface area (Å²) in [6.07, 6.45) is -4.49. The SMILES string of the molecule is CC(C)(CO)[C@@H](N)c1cc(C(F)(F)F)ccc1O.Cl. The van der Waals surface area contributed by atoms with E-state index in [2.05, 4.69) is 0 Å². The van der Waals surface area contributed by atoms with Gasteiger partial charge in [-0.15, -0.1) is 12.4 Å². The predicted molar refractivity (Wildman–Crippen MR) is 68.2 cm³/mol. The summed E-state index contributed by atoms with van der Waals surface area (Å²) >= 11 is 0. The third kappa shape index (κ3) is 3.99. The Morgan fingerprint density at radius 2 is 1.79 bits per heavy atom. The molecule has 1 aromatic rings. The molecular formula is C12H17ClF3NO2. The zero-order valence-corrected chi connectivity index (χ0v) is 11.3. The number of aliphatic hydroxyl groups is 1. The summed E-state index contributed by atoms with van der Waals surface area (Å²) in [6, 6.07) is 1.67. The second kappa shape index (κ2) is 5.98. The van der Waals surface area contributed by atoms with Crippen molar-refractivity contribution in [2.45, 2.75) is 26.1 Å². The standard InChI is InChI=1S/C12H16F3NO2.ClH/c1-11(2,6-17)10(16)8-5-7(12(13,14)15)3-4-9(8)18;/h3-5,10,17-18H,6,16H2,1-2H3;1H/t10-;/m0./s1. The van der Waals surface area contributed by atoms with E-state index in [-0.39, 0.29) is 30.3 Å². The minimum absolute atomic E-state index is 0. The van der Waals surface area contributed by atoms with Crippen molar-refractivity contribution in [1.82, 2.24) is 0 Å². The van der Waals surface area contributed by atoms with Gasteiger partial charge in [-0.05, 0) is 18.2 Å². The Balaban J connectivity index is 0.00000324. The third-order valence-corrected chi connectivity index (χ3v) is 2.94. The number of phenols is 1. The molecule has 1 atom stereocenters. The average molecular weight is 300 g/mol.